The number of amides is 1. The molecule has 1 N–H and O–H groups in total. The highest BCUT2D eigenvalue weighted by molar-refractivity contribution is 7.93. The first kappa shape index (κ1) is 16.0. The summed E-state index contributed by atoms with van der Waals surface area (Å²) < 4.78 is 26.9. The molecule has 1 atom stereocenters. The Morgan fingerprint density at radius 2 is 1.94 bits per heavy atom. The number of nitrogens with one attached hydrogen (secondary N) is 1. The quantitative estimate of drug-likeness (QED) is 0.840. The van der Waals surface area contributed by atoms with Crippen LogP contribution in [0.3, 0.4) is 0 Å². The number of ether oxygens (including phenoxy) is 1. The molecule has 0 spiro atoms. The van der Waals surface area contributed by atoms with E-state index >= 15 is 0 Å². The average molecular weight is 263 g/mol. The van der Waals surface area contributed by atoms with E-state index in [0.717, 1.165) is 11.7 Å². The van der Waals surface area contributed by atoms with Gasteiger partial charge in [0.05, 0.1) is 6.04 Å². The second-order valence-electron chi connectivity index (χ2n) is 4.82. The van der Waals surface area contributed by atoms with E-state index in [1.165, 1.54) is 6.08 Å². The summed E-state index contributed by atoms with van der Waals surface area (Å²) in [4.78, 5) is 11.4. The molecule has 0 aromatic carbocycles. The Labute approximate surface area is 103 Å². The smallest absolute Gasteiger partial charge is 0.408 e. The standard InChI is InChI=1S/C11H21NO4S/c1-6-9(7-8-17(5,14)15)12-10(13)16-11(2,3)4/h7-9H,6H2,1-5H3,(H,12,13)/b8-7-/t9-/m0/s1. The van der Waals surface area contributed by atoms with Crippen LogP contribution in [-0.2, 0) is 14.6 Å². The van der Waals surface area contributed by atoms with Gasteiger partial charge in [0.1, 0.15) is 5.60 Å². The van der Waals surface area contributed by atoms with Gasteiger partial charge in [-0.15, -0.1) is 0 Å². The molecule has 6 heteroatoms. The van der Waals surface area contributed by atoms with Crippen molar-refractivity contribution < 1.29 is 17.9 Å². The third kappa shape index (κ3) is 9.86. The third-order valence-electron chi connectivity index (χ3n) is 1.70. The van der Waals surface area contributed by atoms with E-state index in [2.05, 4.69) is 5.32 Å². The van der Waals surface area contributed by atoms with Crippen molar-refractivity contribution in [3.05, 3.63) is 11.5 Å². The van der Waals surface area contributed by atoms with Crippen molar-refractivity contribution in [2.75, 3.05) is 6.26 Å². The highest BCUT2D eigenvalue weighted by atomic mass is 32.2. The lowest BCUT2D eigenvalue weighted by Crippen LogP contribution is -2.38. The van der Waals surface area contributed by atoms with E-state index in [9.17, 15) is 13.2 Å². The fourth-order valence-corrected chi connectivity index (χ4v) is 1.46. The average Bonchev–Trinajstić information content (AvgIpc) is 2.07. The van der Waals surface area contributed by atoms with Crippen molar-refractivity contribution in [2.24, 2.45) is 0 Å². The number of carbonyl (C=O) groups excluding carboxylic acids is 1. The minimum Gasteiger partial charge on any atom is -0.444 e. The second-order valence-corrected chi connectivity index (χ2v) is 6.75. The first-order valence-electron chi connectivity index (χ1n) is 5.41. The van der Waals surface area contributed by atoms with Gasteiger partial charge in [-0.2, -0.15) is 0 Å². The molecule has 0 radical (unpaired) electrons. The number of carbonyl (C=O) groups is 1. The topological polar surface area (TPSA) is 72.5 Å². The van der Waals surface area contributed by atoms with E-state index in [4.69, 9.17) is 4.74 Å². The Morgan fingerprint density at radius 3 is 2.29 bits per heavy atom. The predicted molar refractivity (Wildman–Crippen MR) is 67.4 cm³/mol. The van der Waals surface area contributed by atoms with Gasteiger partial charge in [0.25, 0.3) is 0 Å². The van der Waals surface area contributed by atoms with Crippen molar-refractivity contribution in [3.63, 3.8) is 0 Å². The Morgan fingerprint density at radius 1 is 1.41 bits per heavy atom. The molecule has 0 fully saturated rings. The van der Waals surface area contributed by atoms with E-state index in [1.54, 1.807) is 20.8 Å². The van der Waals surface area contributed by atoms with Gasteiger partial charge < -0.3 is 10.1 Å². The largest absolute Gasteiger partial charge is 0.444 e. The SMILES string of the molecule is CC[C@@H](/C=C\S(C)(=O)=O)NC(=O)OC(C)(C)C. The molecule has 0 heterocycles. The molecule has 0 saturated carbocycles. The Kier molecular flexibility index (Phi) is 5.68. The summed E-state index contributed by atoms with van der Waals surface area (Å²) in [7, 11) is -3.17. The van der Waals surface area contributed by atoms with Crippen LogP contribution in [0.4, 0.5) is 4.79 Å². The van der Waals surface area contributed by atoms with Crippen LogP contribution in [0.25, 0.3) is 0 Å². The molecule has 17 heavy (non-hydrogen) atoms. The van der Waals surface area contributed by atoms with Gasteiger partial charge >= 0.3 is 6.09 Å². The van der Waals surface area contributed by atoms with Crippen LogP contribution in [0.2, 0.25) is 0 Å². The van der Waals surface area contributed by atoms with E-state index < -0.39 is 21.5 Å². The summed E-state index contributed by atoms with van der Waals surface area (Å²) >= 11 is 0. The molecule has 1 amide bonds. The summed E-state index contributed by atoms with van der Waals surface area (Å²) in [5.74, 6) is 0. The molecule has 0 bridgehead atoms. The van der Waals surface area contributed by atoms with Crippen molar-refractivity contribution in [1.29, 1.82) is 0 Å². The number of hydrogen-bond donors (Lipinski definition) is 1. The first-order chi connectivity index (χ1) is 7.53. The van der Waals surface area contributed by atoms with E-state index in [0.29, 0.717) is 6.42 Å². The molecule has 0 aliphatic carbocycles. The number of rotatable bonds is 4. The lowest BCUT2D eigenvalue weighted by molar-refractivity contribution is 0.0513. The molecule has 5 nitrogen and oxygen atoms in total. The first-order valence-corrected chi connectivity index (χ1v) is 7.36. The molecule has 0 aromatic heterocycles. The Hall–Kier alpha value is -1.04. The van der Waals surface area contributed by atoms with Crippen LogP contribution >= 0.6 is 0 Å². The van der Waals surface area contributed by atoms with Crippen LogP contribution in [0, 0.1) is 0 Å². The van der Waals surface area contributed by atoms with Crippen LogP contribution in [-0.4, -0.2) is 32.4 Å². The molecule has 0 saturated heterocycles. The summed E-state index contributed by atoms with van der Waals surface area (Å²) in [6.07, 6.45) is 2.58. The van der Waals surface area contributed by atoms with Gasteiger partial charge in [0, 0.05) is 11.7 Å². The number of alkyl carbamates (subject to hydrolysis) is 1. The summed E-state index contributed by atoms with van der Waals surface area (Å²) in [5, 5.41) is 3.67. The zero-order valence-corrected chi connectivity index (χ0v) is 11.8. The third-order valence-corrected chi connectivity index (χ3v) is 2.35. The van der Waals surface area contributed by atoms with Crippen molar-refractivity contribution in [2.45, 2.75) is 45.8 Å². The fraction of sp³-hybridized carbons (Fsp3) is 0.727. The summed E-state index contributed by atoms with van der Waals surface area (Å²) in [5.41, 5.74) is -0.567. The van der Waals surface area contributed by atoms with Gasteiger partial charge in [-0.05, 0) is 27.2 Å². The molecular formula is C11H21NO4S. The zero-order chi connectivity index (χ0) is 13.7. The van der Waals surface area contributed by atoms with Crippen LogP contribution in [0.15, 0.2) is 11.5 Å². The molecule has 0 aromatic rings. The number of hydrogen-bond acceptors (Lipinski definition) is 4. The maximum Gasteiger partial charge on any atom is 0.408 e. The molecule has 0 unspecified atom stereocenters. The number of sulfone groups is 1. The minimum absolute atomic E-state index is 0.348. The zero-order valence-electron chi connectivity index (χ0n) is 11.0. The Balaban J connectivity index is 4.43. The highest BCUT2D eigenvalue weighted by Gasteiger charge is 2.17. The van der Waals surface area contributed by atoms with Gasteiger partial charge in [0.2, 0.25) is 0 Å². The van der Waals surface area contributed by atoms with Crippen molar-refractivity contribution >= 4 is 15.9 Å². The monoisotopic (exact) mass is 263 g/mol. The molecular weight excluding hydrogens is 242 g/mol. The summed E-state index contributed by atoms with van der Waals surface area (Å²) in [6.45, 7) is 7.13. The second kappa shape index (κ2) is 6.05. The maximum absolute atomic E-state index is 11.4. The molecule has 0 aliphatic heterocycles. The van der Waals surface area contributed by atoms with Gasteiger partial charge in [-0.3, -0.25) is 0 Å². The maximum atomic E-state index is 11.4. The van der Waals surface area contributed by atoms with E-state index in [1.807, 2.05) is 6.92 Å². The predicted octanol–water partition coefficient (Wildman–Crippen LogP) is 1.85. The highest BCUT2D eigenvalue weighted by Crippen LogP contribution is 2.07. The Bertz CT molecular complexity index is 379. The lowest BCUT2D eigenvalue weighted by Gasteiger charge is -2.21. The van der Waals surface area contributed by atoms with Crippen LogP contribution in [0.1, 0.15) is 34.1 Å². The van der Waals surface area contributed by atoms with Gasteiger partial charge in [0.15, 0.2) is 9.84 Å². The van der Waals surface area contributed by atoms with E-state index in [-0.39, 0.29) is 6.04 Å². The lowest BCUT2D eigenvalue weighted by atomic mass is 10.2. The fourth-order valence-electron chi connectivity index (χ4n) is 0.983. The molecule has 100 valence electrons. The summed E-state index contributed by atoms with van der Waals surface area (Å²) in [6, 6.07) is -0.348. The van der Waals surface area contributed by atoms with Crippen molar-refractivity contribution in [3.8, 4) is 0 Å². The van der Waals surface area contributed by atoms with Gasteiger partial charge in [-0.25, -0.2) is 13.2 Å². The normalized spacial score (nSPS) is 14.6. The molecule has 0 rings (SSSR count). The molecule has 0 aliphatic rings. The van der Waals surface area contributed by atoms with Crippen molar-refractivity contribution in [1.82, 2.24) is 5.32 Å². The minimum atomic E-state index is -3.17. The van der Waals surface area contributed by atoms with Gasteiger partial charge in [-0.1, -0.05) is 13.0 Å². The van der Waals surface area contributed by atoms with Crippen LogP contribution in [0.5, 0.6) is 0 Å². The van der Waals surface area contributed by atoms with Crippen LogP contribution < -0.4 is 5.32 Å².